The number of hydrogen-bond acceptors (Lipinski definition) is 5. The number of nitrogens with two attached hydrogens (primary N) is 1. The van der Waals surface area contributed by atoms with Crippen LogP contribution in [0.4, 0.5) is 4.39 Å². The molecule has 0 saturated heterocycles. The molecular formula is C20H18ClFN6O2. The van der Waals surface area contributed by atoms with E-state index in [2.05, 4.69) is 15.1 Å². The van der Waals surface area contributed by atoms with Gasteiger partial charge in [-0.1, -0.05) is 11.6 Å². The van der Waals surface area contributed by atoms with Crippen LogP contribution in [0.15, 0.2) is 42.9 Å². The molecule has 1 aromatic carbocycles. The maximum absolute atomic E-state index is 13.7. The van der Waals surface area contributed by atoms with Gasteiger partial charge in [-0.05, 0) is 36.8 Å². The second-order valence-corrected chi connectivity index (χ2v) is 7.13. The van der Waals surface area contributed by atoms with E-state index in [0.717, 1.165) is 0 Å². The first kappa shape index (κ1) is 20.0. The van der Waals surface area contributed by atoms with Crippen molar-refractivity contribution in [2.45, 2.75) is 19.4 Å². The molecule has 3 heterocycles. The summed E-state index contributed by atoms with van der Waals surface area (Å²) in [5.41, 5.74) is 8.89. The van der Waals surface area contributed by atoms with Gasteiger partial charge >= 0.3 is 0 Å². The van der Waals surface area contributed by atoms with Gasteiger partial charge in [-0.2, -0.15) is 5.10 Å². The van der Waals surface area contributed by atoms with Gasteiger partial charge in [-0.3, -0.25) is 4.79 Å². The highest BCUT2D eigenvalue weighted by Crippen LogP contribution is 2.32. The Kier molecular flexibility index (Phi) is 5.47. The first-order valence-corrected chi connectivity index (χ1v) is 9.59. The average Bonchev–Trinajstić information content (AvgIpc) is 3.32. The maximum Gasteiger partial charge on any atom is 0.223 e. The molecule has 0 fully saturated rings. The van der Waals surface area contributed by atoms with Crippen molar-refractivity contribution < 1.29 is 14.3 Å². The Balaban J connectivity index is 1.88. The molecule has 0 spiro atoms. The molecule has 10 heteroatoms. The van der Waals surface area contributed by atoms with Crippen molar-refractivity contribution in [3.05, 3.63) is 59.4 Å². The van der Waals surface area contributed by atoms with Crippen molar-refractivity contribution in [2.24, 2.45) is 5.73 Å². The van der Waals surface area contributed by atoms with Crippen molar-refractivity contribution in [3.63, 3.8) is 0 Å². The van der Waals surface area contributed by atoms with E-state index in [9.17, 15) is 14.3 Å². The Morgan fingerprint density at radius 2 is 2.07 bits per heavy atom. The van der Waals surface area contributed by atoms with E-state index in [1.165, 1.54) is 12.1 Å². The van der Waals surface area contributed by atoms with Crippen LogP contribution in [0.3, 0.4) is 0 Å². The summed E-state index contributed by atoms with van der Waals surface area (Å²) in [6.07, 6.45) is 3.72. The smallest absolute Gasteiger partial charge is 0.223 e. The van der Waals surface area contributed by atoms with E-state index >= 15 is 0 Å². The molecule has 0 unspecified atom stereocenters. The number of amides is 1. The minimum atomic E-state index is -0.518. The highest BCUT2D eigenvalue weighted by Gasteiger charge is 2.19. The first-order valence-electron chi connectivity index (χ1n) is 9.21. The number of carbonyl (C=O) groups excluding carboxylic acids is 1. The summed E-state index contributed by atoms with van der Waals surface area (Å²) >= 11 is 5.97. The molecule has 0 aliphatic rings. The molecule has 0 aliphatic heterocycles. The maximum atomic E-state index is 13.7. The number of imidazole rings is 2. The van der Waals surface area contributed by atoms with Crippen molar-refractivity contribution in [1.82, 2.24) is 24.1 Å². The molecule has 8 nitrogen and oxygen atoms in total. The lowest BCUT2D eigenvalue weighted by atomic mass is 10.1. The molecule has 1 amide bonds. The van der Waals surface area contributed by atoms with E-state index in [4.69, 9.17) is 17.3 Å². The number of benzene rings is 1. The van der Waals surface area contributed by atoms with E-state index < -0.39 is 11.7 Å². The number of primary amides is 1. The molecule has 154 valence electrons. The summed E-state index contributed by atoms with van der Waals surface area (Å²) < 4.78 is 17.1. The van der Waals surface area contributed by atoms with Gasteiger partial charge in [0.1, 0.15) is 11.5 Å². The quantitative estimate of drug-likeness (QED) is 0.469. The van der Waals surface area contributed by atoms with Gasteiger partial charge in [0.25, 0.3) is 0 Å². The molecule has 0 atom stereocenters. The van der Waals surface area contributed by atoms with Crippen LogP contribution in [0.2, 0.25) is 5.02 Å². The van der Waals surface area contributed by atoms with Crippen LogP contribution in [0.25, 0.3) is 28.3 Å². The highest BCUT2D eigenvalue weighted by molar-refractivity contribution is 6.31. The topological polar surface area (TPSA) is 111 Å². The number of rotatable bonds is 7. The SMILES string of the molecule is NC(=O)Cc1cnc2ccc(-c3c(-c4ccc(F)c(Cl)c4)ncn3CCCO)nn12. The van der Waals surface area contributed by atoms with Gasteiger partial charge in [0.05, 0.1) is 41.0 Å². The van der Waals surface area contributed by atoms with E-state index in [-0.39, 0.29) is 18.1 Å². The number of aliphatic hydroxyl groups is 1. The normalized spacial score (nSPS) is 11.3. The highest BCUT2D eigenvalue weighted by atomic mass is 35.5. The zero-order valence-electron chi connectivity index (χ0n) is 15.8. The summed E-state index contributed by atoms with van der Waals surface area (Å²) in [6.45, 7) is 0.525. The lowest BCUT2D eigenvalue weighted by Crippen LogP contribution is -2.15. The molecule has 0 bridgehead atoms. The Hall–Kier alpha value is -3.30. The van der Waals surface area contributed by atoms with E-state index in [1.807, 2.05) is 4.57 Å². The average molecular weight is 429 g/mol. The van der Waals surface area contributed by atoms with Gasteiger partial charge in [0.15, 0.2) is 5.65 Å². The number of fused-ring (bicyclic) bond motifs is 1. The lowest BCUT2D eigenvalue weighted by Gasteiger charge is -2.11. The monoisotopic (exact) mass is 428 g/mol. The van der Waals surface area contributed by atoms with Crippen LogP contribution in [0, 0.1) is 5.82 Å². The molecule has 3 aromatic heterocycles. The lowest BCUT2D eigenvalue weighted by molar-refractivity contribution is -0.117. The van der Waals surface area contributed by atoms with Crippen LogP contribution < -0.4 is 5.73 Å². The van der Waals surface area contributed by atoms with Gasteiger partial charge in [0.2, 0.25) is 5.91 Å². The third kappa shape index (κ3) is 3.77. The first-order chi connectivity index (χ1) is 14.5. The number of aromatic nitrogens is 5. The van der Waals surface area contributed by atoms with Crippen molar-refractivity contribution in [1.29, 1.82) is 0 Å². The van der Waals surface area contributed by atoms with Crippen LogP contribution in [-0.4, -0.2) is 41.8 Å². The second kappa shape index (κ2) is 8.21. The summed E-state index contributed by atoms with van der Waals surface area (Å²) in [5.74, 6) is -1.01. The fourth-order valence-electron chi connectivity index (χ4n) is 3.26. The molecule has 3 N–H and O–H groups in total. The van der Waals surface area contributed by atoms with Gasteiger partial charge in [0, 0.05) is 18.7 Å². The van der Waals surface area contributed by atoms with Crippen molar-refractivity contribution in [2.75, 3.05) is 6.61 Å². The minimum Gasteiger partial charge on any atom is -0.396 e. The Bertz CT molecular complexity index is 1240. The van der Waals surface area contributed by atoms with Crippen LogP contribution in [0.1, 0.15) is 12.1 Å². The molecule has 0 radical (unpaired) electrons. The van der Waals surface area contributed by atoms with Gasteiger partial charge < -0.3 is 15.4 Å². The third-order valence-electron chi connectivity index (χ3n) is 4.62. The minimum absolute atomic E-state index is 0.00181. The molecule has 4 rings (SSSR count). The number of hydrogen-bond donors (Lipinski definition) is 2. The predicted octanol–water partition coefficient (Wildman–Crippen LogP) is 2.46. The number of nitrogens with zero attached hydrogens (tertiary/aromatic N) is 5. The van der Waals surface area contributed by atoms with E-state index in [0.29, 0.717) is 47.0 Å². The molecule has 4 aromatic rings. The van der Waals surface area contributed by atoms with Gasteiger partial charge in [-0.15, -0.1) is 0 Å². The zero-order chi connectivity index (χ0) is 21.3. The fourth-order valence-corrected chi connectivity index (χ4v) is 3.44. The van der Waals surface area contributed by atoms with Crippen molar-refractivity contribution >= 4 is 23.2 Å². The second-order valence-electron chi connectivity index (χ2n) is 6.72. The molecule has 0 saturated carbocycles. The molecule has 0 aliphatic carbocycles. The molecular weight excluding hydrogens is 411 g/mol. The van der Waals surface area contributed by atoms with Crippen LogP contribution in [-0.2, 0) is 17.8 Å². The molecule has 30 heavy (non-hydrogen) atoms. The number of aryl methyl sites for hydroxylation is 1. The predicted molar refractivity (Wildman–Crippen MR) is 109 cm³/mol. The standard InChI is InChI=1S/C20H18ClFN6O2/c21-14-8-12(2-3-15(14)22)19-20(27(11-25-19)6-1-7-29)16-4-5-18-24-10-13(9-17(23)30)28(18)26-16/h2-5,8,10-11,29H,1,6-7,9H2,(H2,23,30). The number of carbonyl (C=O) groups is 1. The van der Waals surface area contributed by atoms with Crippen molar-refractivity contribution in [3.8, 4) is 22.6 Å². The number of aliphatic hydroxyl groups excluding tert-OH is 1. The zero-order valence-corrected chi connectivity index (χ0v) is 16.6. The summed E-state index contributed by atoms with van der Waals surface area (Å²) in [4.78, 5) is 20.1. The third-order valence-corrected chi connectivity index (χ3v) is 4.91. The Morgan fingerprint density at radius 1 is 1.23 bits per heavy atom. The van der Waals surface area contributed by atoms with Gasteiger partial charge in [-0.25, -0.2) is 18.9 Å². The van der Waals surface area contributed by atoms with E-state index in [1.54, 1.807) is 35.2 Å². The van der Waals surface area contributed by atoms with Crippen LogP contribution >= 0.6 is 11.6 Å². The Labute approximate surface area is 175 Å². The summed E-state index contributed by atoms with van der Waals surface area (Å²) in [6, 6.07) is 7.95. The largest absolute Gasteiger partial charge is 0.396 e. The number of halogens is 2. The summed E-state index contributed by atoms with van der Waals surface area (Å²) in [7, 11) is 0. The summed E-state index contributed by atoms with van der Waals surface area (Å²) in [5, 5.41) is 13.9. The van der Waals surface area contributed by atoms with Crippen LogP contribution in [0.5, 0.6) is 0 Å². The fraction of sp³-hybridized carbons (Fsp3) is 0.200. The Morgan fingerprint density at radius 3 is 2.80 bits per heavy atom.